The van der Waals surface area contributed by atoms with Crippen LogP contribution in [0.3, 0.4) is 0 Å². The van der Waals surface area contributed by atoms with Gasteiger partial charge in [-0.15, -0.1) is 5.10 Å². The fourth-order valence-corrected chi connectivity index (χ4v) is 2.51. The second-order valence-electron chi connectivity index (χ2n) is 4.40. The second kappa shape index (κ2) is 4.27. The Balaban J connectivity index is 1.91. The third kappa shape index (κ3) is 2.02. The first-order chi connectivity index (χ1) is 8.26. The van der Waals surface area contributed by atoms with Crippen LogP contribution in [-0.4, -0.2) is 34.2 Å². The van der Waals surface area contributed by atoms with E-state index in [-0.39, 0.29) is 0 Å². The first-order valence-corrected chi connectivity index (χ1v) is 6.52. The Morgan fingerprint density at radius 1 is 1.47 bits per heavy atom. The van der Waals surface area contributed by atoms with E-state index in [0.717, 1.165) is 42.1 Å². The van der Waals surface area contributed by atoms with Gasteiger partial charge in [-0.25, -0.2) is 4.52 Å². The molecule has 0 radical (unpaired) electrons. The molecule has 1 aliphatic heterocycles. The lowest BCUT2D eigenvalue weighted by Gasteiger charge is -2.12. The molecule has 17 heavy (non-hydrogen) atoms. The largest absolute Gasteiger partial charge is 0.339 e. The highest BCUT2D eigenvalue weighted by Gasteiger charge is 2.24. The van der Waals surface area contributed by atoms with Gasteiger partial charge >= 0.3 is 0 Å². The maximum Gasteiger partial charge on any atom is 0.245 e. The van der Waals surface area contributed by atoms with E-state index in [1.807, 2.05) is 18.3 Å². The zero-order chi connectivity index (χ0) is 11.8. The molecule has 2 aromatic heterocycles. The molecule has 5 nitrogen and oxygen atoms in total. The number of pyridine rings is 1. The van der Waals surface area contributed by atoms with Gasteiger partial charge in [0, 0.05) is 23.8 Å². The first-order valence-electron chi connectivity index (χ1n) is 5.73. The van der Waals surface area contributed by atoms with Crippen molar-refractivity contribution in [2.24, 2.45) is 11.7 Å². The van der Waals surface area contributed by atoms with Crippen LogP contribution in [0, 0.1) is 5.92 Å². The quantitative estimate of drug-likeness (QED) is 0.907. The van der Waals surface area contributed by atoms with Gasteiger partial charge in [0.25, 0.3) is 0 Å². The standard InChI is InChI=1S/C11H14BrN5/c12-9-1-2-10-14-11(15-17(10)7-9)16-4-3-8(5-13)6-16/h1-2,7-8H,3-6,13H2. The fraction of sp³-hybridized carbons (Fsp3) is 0.455. The van der Waals surface area contributed by atoms with Gasteiger partial charge in [-0.3, -0.25) is 0 Å². The monoisotopic (exact) mass is 295 g/mol. The highest BCUT2D eigenvalue weighted by molar-refractivity contribution is 9.10. The van der Waals surface area contributed by atoms with Gasteiger partial charge in [0.1, 0.15) is 0 Å². The van der Waals surface area contributed by atoms with Crippen molar-refractivity contribution in [3.8, 4) is 0 Å². The Morgan fingerprint density at radius 2 is 2.35 bits per heavy atom. The number of fused-ring (bicyclic) bond motifs is 1. The van der Waals surface area contributed by atoms with E-state index in [1.54, 1.807) is 4.52 Å². The summed E-state index contributed by atoms with van der Waals surface area (Å²) in [6.07, 6.45) is 3.05. The molecule has 90 valence electrons. The maximum atomic E-state index is 5.69. The van der Waals surface area contributed by atoms with E-state index >= 15 is 0 Å². The number of hydrogen-bond donors (Lipinski definition) is 1. The topological polar surface area (TPSA) is 59.5 Å². The van der Waals surface area contributed by atoms with Crippen molar-refractivity contribution >= 4 is 27.5 Å². The van der Waals surface area contributed by atoms with Gasteiger partial charge in [0.2, 0.25) is 5.95 Å². The molecule has 0 aromatic carbocycles. The predicted molar refractivity (Wildman–Crippen MR) is 70.1 cm³/mol. The average molecular weight is 296 g/mol. The molecule has 1 atom stereocenters. The summed E-state index contributed by atoms with van der Waals surface area (Å²) in [6.45, 7) is 2.71. The molecular formula is C11H14BrN5. The van der Waals surface area contributed by atoms with Crippen molar-refractivity contribution in [3.63, 3.8) is 0 Å². The van der Waals surface area contributed by atoms with Crippen LogP contribution in [0.15, 0.2) is 22.8 Å². The summed E-state index contributed by atoms with van der Waals surface area (Å²) in [7, 11) is 0. The summed E-state index contributed by atoms with van der Waals surface area (Å²) in [5, 5.41) is 4.48. The summed E-state index contributed by atoms with van der Waals surface area (Å²) < 4.78 is 2.80. The molecule has 0 amide bonds. The van der Waals surface area contributed by atoms with Gasteiger partial charge in [-0.05, 0) is 46.9 Å². The Bertz CT molecular complexity index is 538. The van der Waals surface area contributed by atoms with E-state index in [4.69, 9.17) is 5.73 Å². The lowest BCUT2D eigenvalue weighted by atomic mass is 10.1. The SMILES string of the molecule is NCC1CCN(c2nc3ccc(Br)cn3n2)C1. The van der Waals surface area contributed by atoms with Gasteiger partial charge in [0.05, 0.1) is 0 Å². The first kappa shape index (κ1) is 11.0. The van der Waals surface area contributed by atoms with Gasteiger partial charge in [0.15, 0.2) is 5.65 Å². The zero-order valence-electron chi connectivity index (χ0n) is 9.38. The number of aromatic nitrogens is 3. The van der Waals surface area contributed by atoms with Gasteiger partial charge in [-0.2, -0.15) is 4.98 Å². The summed E-state index contributed by atoms with van der Waals surface area (Å²) in [6, 6.07) is 3.93. The van der Waals surface area contributed by atoms with E-state index in [9.17, 15) is 0 Å². The number of anilines is 1. The molecule has 0 saturated carbocycles. The molecule has 1 saturated heterocycles. The third-order valence-corrected chi connectivity index (χ3v) is 3.65. The Kier molecular flexibility index (Phi) is 2.76. The summed E-state index contributed by atoms with van der Waals surface area (Å²) >= 11 is 3.43. The molecule has 2 N–H and O–H groups in total. The van der Waals surface area contributed by atoms with Crippen molar-refractivity contribution < 1.29 is 0 Å². The number of nitrogens with zero attached hydrogens (tertiary/aromatic N) is 4. The van der Waals surface area contributed by atoms with Crippen LogP contribution in [0.2, 0.25) is 0 Å². The molecule has 3 rings (SSSR count). The molecule has 0 aliphatic carbocycles. The lowest BCUT2D eigenvalue weighted by molar-refractivity contribution is 0.602. The number of nitrogens with two attached hydrogens (primary N) is 1. The minimum atomic E-state index is 0.577. The van der Waals surface area contributed by atoms with Crippen LogP contribution in [0.25, 0.3) is 5.65 Å². The Labute approximate surface area is 108 Å². The minimum absolute atomic E-state index is 0.577. The van der Waals surface area contributed by atoms with Gasteiger partial charge < -0.3 is 10.6 Å². The third-order valence-electron chi connectivity index (χ3n) is 3.19. The van der Waals surface area contributed by atoms with Crippen molar-refractivity contribution in [1.29, 1.82) is 0 Å². The van der Waals surface area contributed by atoms with Crippen LogP contribution in [-0.2, 0) is 0 Å². The molecule has 1 unspecified atom stereocenters. The van der Waals surface area contributed by atoms with Crippen LogP contribution >= 0.6 is 15.9 Å². The average Bonchev–Trinajstić information content (AvgIpc) is 2.93. The van der Waals surface area contributed by atoms with Crippen LogP contribution < -0.4 is 10.6 Å². The normalized spacial score (nSPS) is 20.4. The highest BCUT2D eigenvalue weighted by Crippen LogP contribution is 2.21. The van der Waals surface area contributed by atoms with Crippen molar-refractivity contribution in [2.45, 2.75) is 6.42 Å². The van der Waals surface area contributed by atoms with E-state index in [1.165, 1.54) is 0 Å². The molecule has 0 bridgehead atoms. The maximum absolute atomic E-state index is 5.69. The second-order valence-corrected chi connectivity index (χ2v) is 5.31. The molecule has 1 fully saturated rings. The molecular weight excluding hydrogens is 282 g/mol. The van der Waals surface area contributed by atoms with E-state index in [0.29, 0.717) is 5.92 Å². The van der Waals surface area contributed by atoms with Crippen LogP contribution in [0.4, 0.5) is 5.95 Å². The highest BCUT2D eigenvalue weighted by atomic mass is 79.9. The molecule has 1 aliphatic rings. The van der Waals surface area contributed by atoms with Crippen molar-refractivity contribution in [3.05, 3.63) is 22.8 Å². The summed E-state index contributed by atoms with van der Waals surface area (Å²) in [5.74, 6) is 1.38. The number of halogens is 1. The van der Waals surface area contributed by atoms with Crippen LogP contribution in [0.5, 0.6) is 0 Å². The fourth-order valence-electron chi connectivity index (χ4n) is 2.19. The van der Waals surface area contributed by atoms with Gasteiger partial charge in [-0.1, -0.05) is 0 Å². The summed E-state index contributed by atoms with van der Waals surface area (Å²) in [4.78, 5) is 6.73. The molecule has 6 heteroatoms. The molecule has 0 spiro atoms. The van der Waals surface area contributed by atoms with Crippen molar-refractivity contribution in [1.82, 2.24) is 14.6 Å². The summed E-state index contributed by atoms with van der Waals surface area (Å²) in [5.41, 5.74) is 6.56. The Hall–Kier alpha value is -1.14. The lowest BCUT2D eigenvalue weighted by Crippen LogP contribution is -2.23. The zero-order valence-corrected chi connectivity index (χ0v) is 11.0. The van der Waals surface area contributed by atoms with E-state index in [2.05, 4.69) is 30.9 Å². The smallest absolute Gasteiger partial charge is 0.245 e. The minimum Gasteiger partial charge on any atom is -0.339 e. The van der Waals surface area contributed by atoms with E-state index < -0.39 is 0 Å². The molecule has 2 aromatic rings. The number of rotatable bonds is 2. The van der Waals surface area contributed by atoms with Crippen molar-refractivity contribution in [2.75, 3.05) is 24.5 Å². The van der Waals surface area contributed by atoms with Crippen LogP contribution in [0.1, 0.15) is 6.42 Å². The number of hydrogen-bond acceptors (Lipinski definition) is 4. The Morgan fingerprint density at radius 3 is 3.12 bits per heavy atom. The molecule has 3 heterocycles. The predicted octanol–water partition coefficient (Wildman–Crippen LogP) is 1.28.